The van der Waals surface area contributed by atoms with Crippen LogP contribution < -0.4 is 9.47 Å². The van der Waals surface area contributed by atoms with Crippen molar-refractivity contribution in [2.45, 2.75) is 39.0 Å². The maximum absolute atomic E-state index is 12.0. The third kappa shape index (κ3) is 4.27. The lowest BCUT2D eigenvalue weighted by Gasteiger charge is -2.20. The van der Waals surface area contributed by atoms with E-state index in [0.29, 0.717) is 6.61 Å². The molecule has 1 aliphatic carbocycles. The fourth-order valence-corrected chi connectivity index (χ4v) is 2.50. The second-order valence-corrected chi connectivity index (χ2v) is 4.99. The van der Waals surface area contributed by atoms with Crippen LogP contribution in [0.4, 0.5) is 0 Å². The summed E-state index contributed by atoms with van der Waals surface area (Å²) in [5.41, 5.74) is 0. The van der Waals surface area contributed by atoms with Crippen LogP contribution >= 0.6 is 0 Å². The highest BCUT2D eigenvalue weighted by Crippen LogP contribution is 2.25. The zero-order valence-corrected chi connectivity index (χ0v) is 11.6. The van der Waals surface area contributed by atoms with Gasteiger partial charge in [0.05, 0.1) is 6.61 Å². The van der Waals surface area contributed by atoms with E-state index in [-0.39, 0.29) is 18.3 Å². The van der Waals surface area contributed by atoms with Gasteiger partial charge in [-0.1, -0.05) is 19.3 Å². The number of Topliss-reactive ketones (excluding diaryl/α,β-unsaturated/α-hetero) is 1. The van der Waals surface area contributed by atoms with Crippen molar-refractivity contribution in [3.8, 4) is 11.5 Å². The van der Waals surface area contributed by atoms with Gasteiger partial charge in [0, 0.05) is 5.92 Å². The fourth-order valence-electron chi connectivity index (χ4n) is 2.50. The Bertz CT molecular complexity index is 391. The zero-order valence-electron chi connectivity index (χ0n) is 11.6. The highest BCUT2D eigenvalue weighted by Gasteiger charge is 2.21. The Morgan fingerprint density at radius 2 is 1.63 bits per heavy atom. The molecule has 1 fully saturated rings. The van der Waals surface area contributed by atoms with E-state index in [1.165, 1.54) is 19.3 Å². The van der Waals surface area contributed by atoms with Gasteiger partial charge in [-0.3, -0.25) is 4.79 Å². The summed E-state index contributed by atoms with van der Waals surface area (Å²) in [5.74, 6) is 2.02. The standard InChI is InChI=1S/C16H22O3/c1-2-18-14-8-10-15(11-9-14)19-12-16(17)13-6-4-3-5-7-13/h8-11,13H,2-7,12H2,1H3. The first kappa shape index (κ1) is 13.9. The summed E-state index contributed by atoms with van der Waals surface area (Å²) in [6.07, 6.45) is 5.69. The molecule has 0 unspecified atom stereocenters. The molecule has 0 spiro atoms. The van der Waals surface area contributed by atoms with Crippen molar-refractivity contribution in [3.63, 3.8) is 0 Å². The van der Waals surface area contributed by atoms with Crippen LogP contribution in [0.1, 0.15) is 39.0 Å². The Balaban J connectivity index is 1.79. The zero-order chi connectivity index (χ0) is 13.5. The average Bonchev–Trinajstić information content (AvgIpc) is 2.47. The lowest BCUT2D eigenvalue weighted by molar-refractivity contribution is -0.125. The molecule has 0 atom stereocenters. The quantitative estimate of drug-likeness (QED) is 0.785. The van der Waals surface area contributed by atoms with E-state index in [2.05, 4.69) is 0 Å². The van der Waals surface area contributed by atoms with Crippen LogP contribution in [0.25, 0.3) is 0 Å². The van der Waals surface area contributed by atoms with Crippen LogP contribution in [-0.4, -0.2) is 19.0 Å². The summed E-state index contributed by atoms with van der Waals surface area (Å²) in [4.78, 5) is 12.0. The number of carbonyl (C=O) groups excluding carboxylic acids is 1. The molecule has 1 aromatic carbocycles. The molecule has 0 bridgehead atoms. The Labute approximate surface area is 114 Å². The number of ether oxygens (including phenoxy) is 2. The van der Waals surface area contributed by atoms with Crippen LogP contribution in [0, 0.1) is 5.92 Å². The van der Waals surface area contributed by atoms with Crippen molar-refractivity contribution in [1.82, 2.24) is 0 Å². The molecule has 1 aromatic rings. The van der Waals surface area contributed by atoms with Crippen LogP contribution in [0.2, 0.25) is 0 Å². The highest BCUT2D eigenvalue weighted by molar-refractivity contribution is 5.82. The number of ketones is 1. The topological polar surface area (TPSA) is 35.5 Å². The second kappa shape index (κ2) is 7.17. The largest absolute Gasteiger partial charge is 0.494 e. The van der Waals surface area contributed by atoms with Gasteiger partial charge in [-0.2, -0.15) is 0 Å². The maximum Gasteiger partial charge on any atom is 0.173 e. The smallest absolute Gasteiger partial charge is 0.173 e. The fraction of sp³-hybridized carbons (Fsp3) is 0.562. The molecule has 0 saturated heterocycles. The molecule has 0 aromatic heterocycles. The lowest BCUT2D eigenvalue weighted by atomic mass is 9.86. The second-order valence-electron chi connectivity index (χ2n) is 4.99. The van der Waals surface area contributed by atoms with Crippen LogP contribution in [0.3, 0.4) is 0 Å². The lowest BCUT2D eigenvalue weighted by Crippen LogP contribution is -2.23. The van der Waals surface area contributed by atoms with Gasteiger partial charge in [-0.25, -0.2) is 0 Å². The molecule has 3 nitrogen and oxygen atoms in total. The number of carbonyl (C=O) groups is 1. The van der Waals surface area contributed by atoms with Crippen molar-refractivity contribution in [1.29, 1.82) is 0 Å². The number of hydrogen-bond acceptors (Lipinski definition) is 3. The minimum absolute atomic E-state index is 0.193. The summed E-state index contributed by atoms with van der Waals surface area (Å²) < 4.78 is 10.9. The Morgan fingerprint density at radius 3 is 2.21 bits per heavy atom. The number of rotatable bonds is 6. The normalized spacial score (nSPS) is 16.1. The van der Waals surface area contributed by atoms with Gasteiger partial charge >= 0.3 is 0 Å². The van der Waals surface area contributed by atoms with Gasteiger partial charge in [0.2, 0.25) is 0 Å². The molecule has 19 heavy (non-hydrogen) atoms. The van der Waals surface area contributed by atoms with Crippen molar-refractivity contribution in [3.05, 3.63) is 24.3 Å². The molecule has 3 heteroatoms. The molecule has 1 saturated carbocycles. The molecule has 0 heterocycles. The average molecular weight is 262 g/mol. The molecular weight excluding hydrogens is 240 g/mol. The summed E-state index contributed by atoms with van der Waals surface area (Å²) in [7, 11) is 0. The van der Waals surface area contributed by atoms with Gasteiger partial charge in [0.25, 0.3) is 0 Å². The van der Waals surface area contributed by atoms with Gasteiger partial charge < -0.3 is 9.47 Å². The van der Waals surface area contributed by atoms with Gasteiger partial charge in [-0.05, 0) is 44.0 Å². The Hall–Kier alpha value is -1.51. The Kier molecular flexibility index (Phi) is 5.25. The van der Waals surface area contributed by atoms with E-state index in [0.717, 1.165) is 24.3 Å². The first-order valence-corrected chi connectivity index (χ1v) is 7.18. The van der Waals surface area contributed by atoms with Gasteiger partial charge in [0.1, 0.15) is 18.1 Å². The predicted octanol–water partition coefficient (Wildman–Crippen LogP) is 3.61. The van der Waals surface area contributed by atoms with E-state index in [1.54, 1.807) is 0 Å². The summed E-state index contributed by atoms with van der Waals surface area (Å²) in [5, 5.41) is 0. The summed E-state index contributed by atoms with van der Waals surface area (Å²) in [6.45, 7) is 2.80. The first-order chi connectivity index (χ1) is 9.29. The molecule has 0 N–H and O–H groups in total. The molecule has 2 rings (SSSR count). The monoisotopic (exact) mass is 262 g/mol. The third-order valence-electron chi connectivity index (χ3n) is 3.58. The van der Waals surface area contributed by atoms with Crippen molar-refractivity contribution in [2.75, 3.05) is 13.2 Å². The molecule has 0 amide bonds. The SMILES string of the molecule is CCOc1ccc(OCC(=O)C2CCCCC2)cc1. The number of hydrogen-bond donors (Lipinski definition) is 0. The van der Waals surface area contributed by atoms with Crippen LogP contribution in [0.5, 0.6) is 11.5 Å². The molecule has 1 aliphatic rings. The summed E-state index contributed by atoms with van der Waals surface area (Å²) >= 11 is 0. The highest BCUT2D eigenvalue weighted by atomic mass is 16.5. The van der Waals surface area contributed by atoms with Crippen molar-refractivity contribution >= 4 is 5.78 Å². The van der Waals surface area contributed by atoms with E-state index in [9.17, 15) is 4.79 Å². The minimum Gasteiger partial charge on any atom is -0.494 e. The number of benzene rings is 1. The van der Waals surface area contributed by atoms with E-state index < -0.39 is 0 Å². The van der Waals surface area contributed by atoms with Crippen molar-refractivity contribution in [2.24, 2.45) is 5.92 Å². The molecule has 0 aliphatic heterocycles. The molecular formula is C16H22O3. The predicted molar refractivity (Wildman–Crippen MR) is 74.7 cm³/mol. The van der Waals surface area contributed by atoms with Crippen LogP contribution in [0.15, 0.2) is 24.3 Å². The minimum atomic E-state index is 0.193. The van der Waals surface area contributed by atoms with E-state index in [1.807, 2.05) is 31.2 Å². The van der Waals surface area contributed by atoms with Crippen LogP contribution in [-0.2, 0) is 4.79 Å². The van der Waals surface area contributed by atoms with Gasteiger partial charge in [-0.15, -0.1) is 0 Å². The molecule has 0 radical (unpaired) electrons. The summed E-state index contributed by atoms with van der Waals surface area (Å²) in [6, 6.07) is 7.42. The van der Waals surface area contributed by atoms with Crippen molar-refractivity contribution < 1.29 is 14.3 Å². The first-order valence-electron chi connectivity index (χ1n) is 7.18. The molecule has 104 valence electrons. The van der Waals surface area contributed by atoms with E-state index >= 15 is 0 Å². The Morgan fingerprint density at radius 1 is 1.05 bits per heavy atom. The maximum atomic E-state index is 12.0. The third-order valence-corrected chi connectivity index (χ3v) is 3.58. The van der Waals surface area contributed by atoms with Gasteiger partial charge in [0.15, 0.2) is 5.78 Å². The van der Waals surface area contributed by atoms with E-state index in [4.69, 9.17) is 9.47 Å².